The zero-order chi connectivity index (χ0) is 20.6. The minimum Gasteiger partial charge on any atom is -0.504 e. The van der Waals surface area contributed by atoms with Crippen molar-refractivity contribution in [2.24, 2.45) is 0 Å². The topological polar surface area (TPSA) is 91.6 Å². The summed E-state index contributed by atoms with van der Waals surface area (Å²) >= 11 is 0. The number of carbonyl (C=O) groups excluding carboxylic acids is 1. The average molecular weight is 386 g/mol. The van der Waals surface area contributed by atoms with E-state index in [1.807, 2.05) is 24.3 Å². The normalized spacial score (nSPS) is 10.7. The molecule has 0 saturated heterocycles. The molecule has 29 heavy (non-hydrogen) atoms. The van der Waals surface area contributed by atoms with Crippen molar-refractivity contribution < 1.29 is 19.4 Å². The molecule has 6 heteroatoms. The van der Waals surface area contributed by atoms with Gasteiger partial charge >= 0.3 is 0 Å². The molecule has 0 aliphatic rings. The van der Waals surface area contributed by atoms with Crippen LogP contribution < -0.4 is 14.8 Å². The molecule has 3 aromatic rings. The molecular formula is C23H18N2O4. The van der Waals surface area contributed by atoms with E-state index in [2.05, 4.69) is 5.32 Å². The molecule has 144 valence electrons. The summed E-state index contributed by atoms with van der Waals surface area (Å²) in [6, 6.07) is 22.6. The Morgan fingerprint density at radius 2 is 1.76 bits per heavy atom. The van der Waals surface area contributed by atoms with E-state index in [-0.39, 0.29) is 17.1 Å². The third kappa shape index (κ3) is 4.93. The van der Waals surface area contributed by atoms with Gasteiger partial charge in [0.05, 0.1) is 12.8 Å². The van der Waals surface area contributed by atoms with E-state index in [1.54, 1.807) is 42.5 Å². The van der Waals surface area contributed by atoms with E-state index < -0.39 is 5.91 Å². The number of benzene rings is 3. The standard InChI is InChI=1S/C23H18N2O4/c1-28-22-14-16(11-12-20(22)26)13-17(15-24)23(27)25-19-9-5-6-10-21(19)29-18-7-3-2-4-8-18/h2-14,26H,1H3,(H,25,27)/b17-13+. The number of nitrogens with one attached hydrogen (secondary N) is 1. The van der Waals surface area contributed by atoms with Crippen molar-refractivity contribution in [2.75, 3.05) is 12.4 Å². The lowest BCUT2D eigenvalue weighted by Gasteiger charge is -2.12. The van der Waals surface area contributed by atoms with Crippen molar-refractivity contribution in [2.45, 2.75) is 0 Å². The van der Waals surface area contributed by atoms with Gasteiger partial charge < -0.3 is 19.9 Å². The maximum atomic E-state index is 12.6. The summed E-state index contributed by atoms with van der Waals surface area (Å²) in [6.07, 6.45) is 1.41. The second-order valence-corrected chi connectivity index (χ2v) is 5.97. The molecule has 0 unspecified atom stereocenters. The summed E-state index contributed by atoms with van der Waals surface area (Å²) in [4.78, 5) is 12.6. The van der Waals surface area contributed by atoms with Crippen molar-refractivity contribution in [1.82, 2.24) is 0 Å². The molecule has 6 nitrogen and oxygen atoms in total. The second-order valence-electron chi connectivity index (χ2n) is 5.97. The number of hydrogen-bond acceptors (Lipinski definition) is 5. The smallest absolute Gasteiger partial charge is 0.266 e. The second kappa shape index (κ2) is 9.11. The number of rotatable bonds is 6. The summed E-state index contributed by atoms with van der Waals surface area (Å²) in [6.45, 7) is 0. The van der Waals surface area contributed by atoms with Gasteiger partial charge in [-0.05, 0) is 48.0 Å². The largest absolute Gasteiger partial charge is 0.504 e. The van der Waals surface area contributed by atoms with Crippen LogP contribution in [0.5, 0.6) is 23.0 Å². The van der Waals surface area contributed by atoms with E-state index in [1.165, 1.54) is 25.3 Å². The number of nitrogens with zero attached hydrogens (tertiary/aromatic N) is 1. The summed E-state index contributed by atoms with van der Waals surface area (Å²) < 4.78 is 10.9. The highest BCUT2D eigenvalue weighted by Crippen LogP contribution is 2.30. The molecule has 0 aliphatic heterocycles. The van der Waals surface area contributed by atoms with Gasteiger partial charge in [0.25, 0.3) is 5.91 Å². The highest BCUT2D eigenvalue weighted by Gasteiger charge is 2.13. The first kappa shape index (κ1) is 19.5. The number of hydrogen-bond donors (Lipinski definition) is 2. The van der Waals surface area contributed by atoms with Crippen LogP contribution in [0.1, 0.15) is 5.56 Å². The van der Waals surface area contributed by atoms with Gasteiger partial charge in [0.1, 0.15) is 17.4 Å². The summed E-state index contributed by atoms with van der Waals surface area (Å²) in [7, 11) is 1.42. The van der Waals surface area contributed by atoms with Gasteiger partial charge in [-0.15, -0.1) is 0 Å². The molecule has 0 atom stereocenters. The van der Waals surface area contributed by atoms with E-state index >= 15 is 0 Å². The van der Waals surface area contributed by atoms with E-state index in [0.717, 1.165) is 0 Å². The Kier molecular flexibility index (Phi) is 6.13. The Morgan fingerprint density at radius 3 is 2.48 bits per heavy atom. The van der Waals surface area contributed by atoms with Gasteiger partial charge in [-0.1, -0.05) is 36.4 Å². The SMILES string of the molecule is COc1cc(/C=C(\C#N)C(=O)Nc2ccccc2Oc2ccccc2)ccc1O. The molecule has 3 rings (SSSR count). The van der Waals surface area contributed by atoms with Crippen molar-refractivity contribution in [1.29, 1.82) is 5.26 Å². The first-order valence-electron chi connectivity index (χ1n) is 8.73. The molecule has 0 saturated carbocycles. The predicted molar refractivity (Wildman–Crippen MR) is 110 cm³/mol. The van der Waals surface area contributed by atoms with Crippen molar-refractivity contribution in [3.63, 3.8) is 0 Å². The highest BCUT2D eigenvalue weighted by atomic mass is 16.5. The Hall–Kier alpha value is -4.24. The Bertz CT molecular complexity index is 1090. The van der Waals surface area contributed by atoms with Crippen LogP contribution >= 0.6 is 0 Å². The van der Waals surface area contributed by atoms with Gasteiger partial charge in [-0.3, -0.25) is 4.79 Å². The molecule has 0 heterocycles. The Balaban J connectivity index is 1.83. The minimum absolute atomic E-state index is 0.0282. The van der Waals surface area contributed by atoms with Crippen LogP contribution in [0.3, 0.4) is 0 Å². The van der Waals surface area contributed by atoms with Crippen LogP contribution in [0.15, 0.2) is 78.4 Å². The zero-order valence-electron chi connectivity index (χ0n) is 15.6. The van der Waals surface area contributed by atoms with Crippen LogP contribution in [-0.2, 0) is 4.79 Å². The predicted octanol–water partition coefficient (Wildman–Crippen LogP) is 4.74. The highest BCUT2D eigenvalue weighted by molar-refractivity contribution is 6.10. The maximum Gasteiger partial charge on any atom is 0.266 e. The molecule has 3 aromatic carbocycles. The third-order valence-corrected chi connectivity index (χ3v) is 3.99. The van der Waals surface area contributed by atoms with E-state index in [4.69, 9.17) is 9.47 Å². The number of amides is 1. The monoisotopic (exact) mass is 386 g/mol. The maximum absolute atomic E-state index is 12.6. The lowest BCUT2D eigenvalue weighted by atomic mass is 10.1. The number of ether oxygens (including phenoxy) is 2. The molecule has 2 N–H and O–H groups in total. The number of para-hydroxylation sites is 3. The van der Waals surface area contributed by atoms with Gasteiger partial charge in [0, 0.05) is 0 Å². The van der Waals surface area contributed by atoms with Gasteiger partial charge in [0.15, 0.2) is 17.2 Å². The molecule has 0 fully saturated rings. The minimum atomic E-state index is -0.580. The first-order valence-corrected chi connectivity index (χ1v) is 8.73. The quantitative estimate of drug-likeness (QED) is 0.472. The van der Waals surface area contributed by atoms with Gasteiger partial charge in [0.2, 0.25) is 0 Å². The number of anilines is 1. The lowest BCUT2D eigenvalue weighted by molar-refractivity contribution is -0.112. The lowest BCUT2D eigenvalue weighted by Crippen LogP contribution is -2.14. The molecular weight excluding hydrogens is 368 g/mol. The van der Waals surface area contributed by atoms with Crippen LogP contribution in [0, 0.1) is 11.3 Å². The molecule has 0 aliphatic carbocycles. The fourth-order valence-corrected chi connectivity index (χ4v) is 2.56. The van der Waals surface area contributed by atoms with E-state index in [0.29, 0.717) is 22.7 Å². The third-order valence-electron chi connectivity index (χ3n) is 3.99. The van der Waals surface area contributed by atoms with Gasteiger partial charge in [-0.2, -0.15) is 5.26 Å². The Morgan fingerprint density at radius 1 is 1.03 bits per heavy atom. The molecule has 0 spiro atoms. The number of carbonyl (C=O) groups is 1. The molecule has 0 aromatic heterocycles. The van der Waals surface area contributed by atoms with Crippen molar-refractivity contribution in [3.05, 3.63) is 83.9 Å². The number of phenols is 1. The van der Waals surface area contributed by atoms with Crippen LogP contribution in [0.2, 0.25) is 0 Å². The van der Waals surface area contributed by atoms with Crippen LogP contribution in [-0.4, -0.2) is 18.1 Å². The molecule has 0 bridgehead atoms. The van der Waals surface area contributed by atoms with Crippen molar-refractivity contribution >= 4 is 17.7 Å². The Labute approximate surface area is 168 Å². The first-order chi connectivity index (χ1) is 14.1. The van der Waals surface area contributed by atoms with E-state index in [9.17, 15) is 15.2 Å². The fraction of sp³-hybridized carbons (Fsp3) is 0.0435. The zero-order valence-corrected chi connectivity index (χ0v) is 15.6. The van der Waals surface area contributed by atoms with Crippen LogP contribution in [0.25, 0.3) is 6.08 Å². The number of phenolic OH excluding ortho intramolecular Hbond substituents is 1. The summed E-state index contributed by atoms with van der Waals surface area (Å²) in [5, 5.41) is 21.8. The molecule has 0 radical (unpaired) electrons. The number of aromatic hydroxyl groups is 1. The van der Waals surface area contributed by atoms with Crippen molar-refractivity contribution in [3.8, 4) is 29.1 Å². The van der Waals surface area contributed by atoms with Gasteiger partial charge in [-0.25, -0.2) is 0 Å². The van der Waals surface area contributed by atoms with Crippen LogP contribution in [0.4, 0.5) is 5.69 Å². The summed E-state index contributed by atoms with van der Waals surface area (Å²) in [5.41, 5.74) is 0.873. The summed E-state index contributed by atoms with van der Waals surface area (Å²) in [5.74, 6) is 0.721. The fourth-order valence-electron chi connectivity index (χ4n) is 2.56. The number of nitriles is 1. The average Bonchev–Trinajstić information content (AvgIpc) is 2.75. The number of methoxy groups -OCH3 is 1. The molecule has 1 amide bonds.